The smallest absolute Gasteiger partial charge is 0.224 e. The van der Waals surface area contributed by atoms with Crippen molar-refractivity contribution in [1.29, 1.82) is 0 Å². The fraction of sp³-hybridized carbons (Fsp3) is 0. The summed E-state index contributed by atoms with van der Waals surface area (Å²) in [6.07, 6.45) is 1.54. The number of aromatic amines is 1. The Morgan fingerprint density at radius 2 is 2.29 bits per heavy atom. The molecule has 0 aliphatic carbocycles. The lowest BCUT2D eigenvalue weighted by atomic mass is 10.3. The van der Waals surface area contributed by atoms with Crippen LogP contribution in [0.3, 0.4) is 0 Å². The van der Waals surface area contributed by atoms with Gasteiger partial charge in [0.2, 0.25) is 10.7 Å². The molecule has 0 aromatic carbocycles. The Hall–Kier alpha value is -1.21. The summed E-state index contributed by atoms with van der Waals surface area (Å²) >= 11 is 8.07. The van der Waals surface area contributed by atoms with Gasteiger partial charge in [-0.1, -0.05) is 0 Å². The Labute approximate surface area is 92.5 Å². The second kappa shape index (κ2) is 3.50. The highest BCUT2D eigenvalue weighted by molar-refractivity contribution is 9.10. The van der Waals surface area contributed by atoms with E-state index in [1.165, 1.54) is 6.26 Å². The summed E-state index contributed by atoms with van der Waals surface area (Å²) < 4.78 is 5.83. The van der Waals surface area contributed by atoms with E-state index in [0.717, 1.165) is 5.56 Å². The van der Waals surface area contributed by atoms with Crippen LogP contribution >= 0.6 is 28.1 Å². The van der Waals surface area contributed by atoms with Crippen LogP contribution in [0.4, 0.5) is 5.95 Å². The Bertz CT molecular complexity index is 520. The molecule has 7 heteroatoms. The van der Waals surface area contributed by atoms with Crippen LogP contribution in [0.5, 0.6) is 0 Å². The lowest BCUT2D eigenvalue weighted by Gasteiger charge is -1.98. The number of nitrogens with two attached hydrogens (primary N) is 1. The third kappa shape index (κ3) is 1.68. The minimum atomic E-state index is 0.198. The minimum Gasteiger partial charge on any atom is -0.457 e. The number of halogens is 1. The maximum atomic E-state index is 5.50. The Kier molecular flexibility index (Phi) is 2.34. The average molecular weight is 273 g/mol. The predicted molar refractivity (Wildman–Crippen MR) is 57.0 cm³/mol. The van der Waals surface area contributed by atoms with Crippen molar-refractivity contribution in [2.45, 2.75) is 0 Å². The zero-order valence-electron chi connectivity index (χ0n) is 6.82. The average Bonchev–Trinajstić information content (AvgIpc) is 2.49. The van der Waals surface area contributed by atoms with Crippen molar-refractivity contribution in [1.82, 2.24) is 15.0 Å². The third-order valence-electron chi connectivity index (χ3n) is 1.54. The van der Waals surface area contributed by atoms with E-state index in [4.69, 9.17) is 22.4 Å². The fourth-order valence-corrected chi connectivity index (χ4v) is 1.61. The van der Waals surface area contributed by atoms with Crippen LogP contribution in [-0.2, 0) is 0 Å². The largest absolute Gasteiger partial charge is 0.457 e. The molecular formula is C7H5BrN4OS. The second-order valence-electron chi connectivity index (χ2n) is 2.47. The van der Waals surface area contributed by atoms with Crippen LogP contribution in [0.25, 0.3) is 11.4 Å². The maximum Gasteiger partial charge on any atom is 0.224 e. The molecular weight excluding hydrogens is 268 g/mol. The quantitative estimate of drug-likeness (QED) is 0.778. The molecule has 5 nitrogen and oxygen atoms in total. The van der Waals surface area contributed by atoms with Crippen LogP contribution in [0, 0.1) is 4.77 Å². The number of nitrogen functional groups attached to an aromatic ring is 1. The van der Waals surface area contributed by atoms with E-state index in [2.05, 4.69) is 30.9 Å². The van der Waals surface area contributed by atoms with Gasteiger partial charge in [-0.15, -0.1) is 0 Å². The van der Waals surface area contributed by atoms with Crippen LogP contribution < -0.4 is 5.73 Å². The van der Waals surface area contributed by atoms with Crippen LogP contribution in [0.15, 0.2) is 21.4 Å². The molecule has 0 aliphatic rings. The molecule has 0 amide bonds. The summed E-state index contributed by atoms with van der Waals surface area (Å²) in [7, 11) is 0. The fourth-order valence-electron chi connectivity index (χ4n) is 0.991. The number of nitrogens with one attached hydrogen (secondary N) is 1. The molecule has 72 valence electrons. The highest BCUT2D eigenvalue weighted by Crippen LogP contribution is 2.26. The molecule has 0 saturated heterocycles. The van der Waals surface area contributed by atoms with E-state index < -0.39 is 0 Å². The first-order chi connectivity index (χ1) is 6.66. The molecule has 0 atom stereocenters. The first-order valence-electron chi connectivity index (χ1n) is 3.64. The van der Waals surface area contributed by atoms with Gasteiger partial charge in [-0.05, 0) is 34.2 Å². The molecule has 2 heterocycles. The van der Waals surface area contributed by atoms with Gasteiger partial charge in [0, 0.05) is 0 Å². The van der Waals surface area contributed by atoms with Gasteiger partial charge in [-0.25, -0.2) is 4.98 Å². The number of H-pyrrole nitrogens is 1. The van der Waals surface area contributed by atoms with Crippen molar-refractivity contribution in [2.75, 3.05) is 5.73 Å². The lowest BCUT2D eigenvalue weighted by Crippen LogP contribution is -1.99. The van der Waals surface area contributed by atoms with Gasteiger partial charge < -0.3 is 15.1 Å². The number of hydrogen-bond acceptors (Lipinski definition) is 5. The van der Waals surface area contributed by atoms with Gasteiger partial charge in [-0.2, -0.15) is 4.98 Å². The van der Waals surface area contributed by atoms with Crippen molar-refractivity contribution < 1.29 is 4.42 Å². The van der Waals surface area contributed by atoms with Crippen molar-refractivity contribution in [3.63, 3.8) is 0 Å². The topological polar surface area (TPSA) is 80.7 Å². The molecule has 0 fully saturated rings. The van der Waals surface area contributed by atoms with E-state index >= 15 is 0 Å². The molecule has 2 aromatic heterocycles. The molecule has 2 aromatic rings. The van der Waals surface area contributed by atoms with Crippen molar-refractivity contribution in [3.05, 3.63) is 21.8 Å². The minimum absolute atomic E-state index is 0.198. The zero-order chi connectivity index (χ0) is 10.1. The normalized spacial score (nSPS) is 10.4. The van der Waals surface area contributed by atoms with Gasteiger partial charge in [0.25, 0.3) is 0 Å². The van der Waals surface area contributed by atoms with E-state index in [1.807, 2.05) is 0 Å². The van der Waals surface area contributed by atoms with Gasteiger partial charge in [0.15, 0.2) is 4.67 Å². The maximum absolute atomic E-state index is 5.50. The highest BCUT2D eigenvalue weighted by atomic mass is 79.9. The van der Waals surface area contributed by atoms with E-state index in [0.29, 0.717) is 10.5 Å². The number of rotatable bonds is 1. The molecule has 2 rings (SSSR count). The monoisotopic (exact) mass is 272 g/mol. The molecule has 0 aliphatic heterocycles. The number of furan rings is 1. The molecule has 14 heavy (non-hydrogen) atoms. The summed E-state index contributed by atoms with van der Waals surface area (Å²) in [6, 6.07) is 1.75. The number of anilines is 1. The summed E-state index contributed by atoms with van der Waals surface area (Å²) in [5, 5.41) is 0. The summed E-state index contributed by atoms with van der Waals surface area (Å²) in [5.41, 5.74) is 6.25. The van der Waals surface area contributed by atoms with Crippen molar-refractivity contribution in [2.24, 2.45) is 0 Å². The first kappa shape index (κ1) is 9.35. The molecule has 0 radical (unpaired) electrons. The molecule has 0 saturated carbocycles. The van der Waals surface area contributed by atoms with Gasteiger partial charge in [-0.3, -0.25) is 0 Å². The van der Waals surface area contributed by atoms with Gasteiger partial charge >= 0.3 is 0 Å². The summed E-state index contributed by atoms with van der Waals surface area (Å²) in [4.78, 5) is 10.6. The highest BCUT2D eigenvalue weighted by Gasteiger charge is 2.08. The second-order valence-corrected chi connectivity index (χ2v) is 3.56. The number of hydrogen-bond donors (Lipinski definition) is 2. The third-order valence-corrected chi connectivity index (χ3v) is 2.34. The van der Waals surface area contributed by atoms with Crippen molar-refractivity contribution in [3.8, 4) is 11.4 Å². The van der Waals surface area contributed by atoms with Gasteiger partial charge in [0.05, 0.1) is 11.8 Å². The summed E-state index contributed by atoms with van der Waals surface area (Å²) in [5.74, 6) is 0.760. The molecule has 0 bridgehead atoms. The molecule has 3 N–H and O–H groups in total. The van der Waals surface area contributed by atoms with Gasteiger partial charge in [0.1, 0.15) is 5.82 Å². The standard InChI is InChI=1S/C7H5BrN4OS/c8-4-3(1-2-13-4)5-10-6(9)12-7(14)11-5/h1-2H,(H3,9,10,11,12,14). The van der Waals surface area contributed by atoms with Crippen LogP contribution in [-0.4, -0.2) is 15.0 Å². The van der Waals surface area contributed by atoms with Crippen LogP contribution in [0.2, 0.25) is 0 Å². The van der Waals surface area contributed by atoms with E-state index in [9.17, 15) is 0 Å². The first-order valence-corrected chi connectivity index (χ1v) is 4.84. The van der Waals surface area contributed by atoms with E-state index in [-0.39, 0.29) is 10.7 Å². The number of nitrogens with zero attached hydrogens (tertiary/aromatic N) is 2. The van der Waals surface area contributed by atoms with Crippen molar-refractivity contribution >= 4 is 34.1 Å². The zero-order valence-corrected chi connectivity index (χ0v) is 9.22. The van der Waals surface area contributed by atoms with Crippen LogP contribution in [0.1, 0.15) is 0 Å². The SMILES string of the molecule is Nc1nc(=S)nc(-c2ccoc2Br)[nH]1. The Morgan fingerprint density at radius 1 is 1.50 bits per heavy atom. The Balaban J connectivity index is 2.63. The predicted octanol–water partition coefficient (Wildman–Crippen LogP) is 2.14. The molecule has 0 spiro atoms. The molecule has 0 unspecified atom stereocenters. The lowest BCUT2D eigenvalue weighted by molar-refractivity contribution is 0.542. The Morgan fingerprint density at radius 3 is 2.86 bits per heavy atom. The van der Waals surface area contributed by atoms with E-state index in [1.54, 1.807) is 6.07 Å². The number of aromatic nitrogens is 3. The summed E-state index contributed by atoms with van der Waals surface area (Å²) in [6.45, 7) is 0.